The number of hydrogen-bond acceptors (Lipinski definition) is 7. The monoisotopic (exact) mass is 417 g/mol. The Labute approximate surface area is 171 Å². The first-order valence-corrected chi connectivity index (χ1v) is 10.3. The molecule has 146 valence electrons. The van der Waals surface area contributed by atoms with Crippen LogP contribution in [0.2, 0.25) is 5.02 Å². The number of rotatable bonds is 4. The van der Waals surface area contributed by atoms with Crippen LogP contribution in [0.3, 0.4) is 0 Å². The Kier molecular flexibility index (Phi) is 5.48. The van der Waals surface area contributed by atoms with Crippen LogP contribution in [0.5, 0.6) is 0 Å². The van der Waals surface area contributed by atoms with Crippen LogP contribution in [0.15, 0.2) is 36.7 Å². The van der Waals surface area contributed by atoms with Crippen molar-refractivity contribution in [2.75, 3.05) is 25.1 Å². The number of nitrogens with zero attached hydrogens (tertiary/aromatic N) is 3. The second-order valence-corrected chi connectivity index (χ2v) is 8.31. The molecule has 4 rings (SSSR count). The standard InChI is InChI=1S/C20H20ClN3O3S/c1-27-20(26)17(25)13-6-8-24(9-7-13)19-18-15(22-11-23-19)10-16(28-18)12-2-4-14(21)5-3-12/h2-5,10-11,13,17,25H,6-9H2,1H3. The number of aromatic nitrogens is 2. The Hall–Kier alpha value is -2.22. The fourth-order valence-corrected chi connectivity index (χ4v) is 4.82. The molecule has 1 N–H and O–H groups in total. The van der Waals surface area contributed by atoms with E-state index in [1.165, 1.54) is 7.11 Å². The van der Waals surface area contributed by atoms with Crippen LogP contribution >= 0.6 is 22.9 Å². The molecule has 28 heavy (non-hydrogen) atoms. The summed E-state index contributed by atoms with van der Waals surface area (Å²) in [5, 5.41) is 10.8. The van der Waals surface area contributed by atoms with Gasteiger partial charge in [0.2, 0.25) is 0 Å². The summed E-state index contributed by atoms with van der Waals surface area (Å²) in [5.74, 6) is 0.254. The van der Waals surface area contributed by atoms with Crippen molar-refractivity contribution in [2.24, 2.45) is 5.92 Å². The third kappa shape index (κ3) is 3.70. The minimum absolute atomic E-state index is 0.0889. The Morgan fingerprint density at radius 1 is 1.29 bits per heavy atom. The zero-order chi connectivity index (χ0) is 19.7. The summed E-state index contributed by atoms with van der Waals surface area (Å²) in [6.45, 7) is 1.44. The molecule has 8 heteroatoms. The van der Waals surface area contributed by atoms with Crippen LogP contribution in [0.25, 0.3) is 20.7 Å². The summed E-state index contributed by atoms with van der Waals surface area (Å²) in [6, 6.07) is 9.83. The minimum Gasteiger partial charge on any atom is -0.467 e. The van der Waals surface area contributed by atoms with E-state index in [0.717, 1.165) is 39.6 Å². The summed E-state index contributed by atoms with van der Waals surface area (Å²) in [7, 11) is 1.30. The molecule has 6 nitrogen and oxygen atoms in total. The number of piperidine rings is 1. The van der Waals surface area contributed by atoms with Crippen molar-refractivity contribution < 1.29 is 14.6 Å². The maximum atomic E-state index is 11.6. The Balaban J connectivity index is 1.56. The number of esters is 1. The summed E-state index contributed by atoms with van der Waals surface area (Å²) in [5.41, 5.74) is 2.01. The van der Waals surface area contributed by atoms with Crippen LogP contribution in [0, 0.1) is 5.92 Å². The summed E-state index contributed by atoms with van der Waals surface area (Å²) < 4.78 is 5.70. The van der Waals surface area contributed by atoms with E-state index in [2.05, 4.69) is 25.7 Å². The molecule has 1 atom stereocenters. The van der Waals surface area contributed by atoms with Gasteiger partial charge in [0.25, 0.3) is 0 Å². The predicted molar refractivity (Wildman–Crippen MR) is 111 cm³/mol. The molecule has 2 aromatic heterocycles. The van der Waals surface area contributed by atoms with E-state index < -0.39 is 12.1 Å². The van der Waals surface area contributed by atoms with Crippen molar-refractivity contribution in [3.8, 4) is 10.4 Å². The Morgan fingerprint density at radius 3 is 2.68 bits per heavy atom. The lowest BCUT2D eigenvalue weighted by Gasteiger charge is -2.34. The molecule has 1 aliphatic rings. The largest absolute Gasteiger partial charge is 0.467 e. The van der Waals surface area contributed by atoms with Crippen molar-refractivity contribution in [1.29, 1.82) is 0 Å². The van der Waals surface area contributed by atoms with E-state index in [0.29, 0.717) is 17.9 Å². The molecule has 0 bridgehead atoms. The van der Waals surface area contributed by atoms with Crippen LogP contribution in [-0.4, -0.2) is 47.3 Å². The summed E-state index contributed by atoms with van der Waals surface area (Å²) >= 11 is 7.65. The molecule has 1 aliphatic heterocycles. The molecule has 1 aromatic carbocycles. The lowest BCUT2D eigenvalue weighted by atomic mass is 9.91. The maximum Gasteiger partial charge on any atom is 0.334 e. The highest BCUT2D eigenvalue weighted by atomic mass is 35.5. The molecule has 3 aromatic rings. The first-order valence-electron chi connectivity index (χ1n) is 9.08. The number of carbonyl (C=O) groups is 1. The average Bonchev–Trinajstić information content (AvgIpc) is 3.17. The normalized spacial score (nSPS) is 16.3. The molecule has 3 heterocycles. The maximum absolute atomic E-state index is 11.6. The van der Waals surface area contributed by atoms with E-state index in [1.807, 2.05) is 24.3 Å². The number of ether oxygens (including phenoxy) is 1. The highest BCUT2D eigenvalue weighted by Crippen LogP contribution is 2.38. The second-order valence-electron chi connectivity index (χ2n) is 6.82. The number of fused-ring (bicyclic) bond motifs is 1. The highest BCUT2D eigenvalue weighted by Gasteiger charge is 2.31. The SMILES string of the molecule is COC(=O)C(O)C1CCN(c2ncnc3cc(-c4ccc(Cl)cc4)sc23)CC1. The van der Waals surface area contributed by atoms with Gasteiger partial charge in [0.1, 0.15) is 12.1 Å². The second kappa shape index (κ2) is 8.03. The van der Waals surface area contributed by atoms with Gasteiger partial charge in [0.15, 0.2) is 6.10 Å². The lowest BCUT2D eigenvalue weighted by molar-refractivity contribution is -0.153. The number of thiophene rings is 1. The highest BCUT2D eigenvalue weighted by molar-refractivity contribution is 7.22. The third-order valence-electron chi connectivity index (χ3n) is 5.15. The van der Waals surface area contributed by atoms with Crippen molar-refractivity contribution in [3.05, 3.63) is 41.7 Å². The summed E-state index contributed by atoms with van der Waals surface area (Å²) in [4.78, 5) is 23.8. The van der Waals surface area contributed by atoms with E-state index in [1.54, 1.807) is 17.7 Å². The van der Waals surface area contributed by atoms with Crippen LogP contribution in [0.1, 0.15) is 12.8 Å². The number of aliphatic hydroxyl groups excluding tert-OH is 1. The van der Waals surface area contributed by atoms with Gasteiger partial charge in [0, 0.05) is 23.0 Å². The molecule has 0 amide bonds. The number of anilines is 1. The number of halogens is 1. The molecule has 0 saturated carbocycles. The molecular formula is C20H20ClN3O3S. The lowest BCUT2D eigenvalue weighted by Crippen LogP contribution is -2.41. The first-order chi connectivity index (χ1) is 13.6. The molecule has 1 unspecified atom stereocenters. The molecule has 0 radical (unpaired) electrons. The zero-order valence-corrected chi connectivity index (χ0v) is 16.9. The minimum atomic E-state index is -1.06. The zero-order valence-electron chi connectivity index (χ0n) is 15.3. The van der Waals surface area contributed by atoms with Gasteiger partial charge < -0.3 is 14.7 Å². The molecule has 0 spiro atoms. The number of methoxy groups -OCH3 is 1. The van der Waals surface area contributed by atoms with Crippen molar-refractivity contribution in [1.82, 2.24) is 9.97 Å². The fourth-order valence-electron chi connectivity index (χ4n) is 3.56. The average molecular weight is 418 g/mol. The number of aliphatic hydroxyl groups is 1. The van der Waals surface area contributed by atoms with Gasteiger partial charge in [-0.2, -0.15) is 0 Å². The van der Waals surface area contributed by atoms with Crippen LogP contribution in [0.4, 0.5) is 5.82 Å². The number of benzene rings is 1. The number of carbonyl (C=O) groups excluding carboxylic acids is 1. The molecule has 1 fully saturated rings. The van der Waals surface area contributed by atoms with Crippen LogP contribution in [-0.2, 0) is 9.53 Å². The van der Waals surface area contributed by atoms with Gasteiger partial charge >= 0.3 is 5.97 Å². The quantitative estimate of drug-likeness (QED) is 0.651. The fraction of sp³-hybridized carbons (Fsp3) is 0.350. The van der Waals surface area contributed by atoms with Crippen molar-refractivity contribution in [3.63, 3.8) is 0 Å². The molecular weight excluding hydrogens is 398 g/mol. The number of hydrogen-bond donors (Lipinski definition) is 1. The molecule has 0 aliphatic carbocycles. The first kappa shape index (κ1) is 19.1. The van der Waals surface area contributed by atoms with E-state index in [-0.39, 0.29) is 5.92 Å². The van der Waals surface area contributed by atoms with Gasteiger partial charge in [-0.05, 0) is 42.5 Å². The Bertz CT molecular complexity index is 984. The topological polar surface area (TPSA) is 75.6 Å². The van der Waals surface area contributed by atoms with Gasteiger partial charge in [0.05, 0.1) is 17.3 Å². The third-order valence-corrected chi connectivity index (χ3v) is 6.57. The predicted octanol–water partition coefficient (Wildman–Crippen LogP) is 3.76. The van der Waals surface area contributed by atoms with Gasteiger partial charge in [-0.3, -0.25) is 0 Å². The van der Waals surface area contributed by atoms with E-state index in [4.69, 9.17) is 11.6 Å². The summed E-state index contributed by atoms with van der Waals surface area (Å²) in [6.07, 6.45) is 1.94. The van der Waals surface area contributed by atoms with Crippen LogP contribution < -0.4 is 4.90 Å². The van der Waals surface area contributed by atoms with Gasteiger partial charge in [-0.1, -0.05) is 23.7 Å². The van der Waals surface area contributed by atoms with Crippen molar-refractivity contribution in [2.45, 2.75) is 18.9 Å². The van der Waals surface area contributed by atoms with E-state index in [9.17, 15) is 9.90 Å². The van der Waals surface area contributed by atoms with E-state index >= 15 is 0 Å². The molecule has 1 saturated heterocycles. The smallest absolute Gasteiger partial charge is 0.334 e. The van der Waals surface area contributed by atoms with Gasteiger partial charge in [-0.15, -0.1) is 11.3 Å². The van der Waals surface area contributed by atoms with Crippen molar-refractivity contribution >= 4 is 44.9 Å². The Morgan fingerprint density at radius 2 is 2.00 bits per heavy atom. The van der Waals surface area contributed by atoms with Gasteiger partial charge in [-0.25, -0.2) is 14.8 Å².